The standard InChI is InChI=1S/C28H26Cl2N2O4/c1-16(2)15-36-20-7-8-21(17(3)11-20)26(33)24-25(19-6-9-22(29)23(30)12-19)32(28(35)27(24)34)14-18-5-4-10-31-13-18/h4-13,16,25,33H,14-15H2,1-3H3/t25-/m1/s1. The number of rotatable bonds is 7. The first-order valence-corrected chi connectivity index (χ1v) is 12.3. The Bertz CT molecular complexity index is 1340. The predicted octanol–water partition coefficient (Wildman–Crippen LogP) is 6.35. The fraction of sp³-hybridized carbons (Fsp3) is 0.250. The molecule has 1 aliphatic rings. The minimum atomic E-state index is -0.865. The van der Waals surface area contributed by atoms with Gasteiger partial charge in [0.2, 0.25) is 0 Å². The number of hydrogen-bond acceptors (Lipinski definition) is 5. The number of carbonyl (C=O) groups is 2. The van der Waals surface area contributed by atoms with Crippen LogP contribution in [0.3, 0.4) is 0 Å². The van der Waals surface area contributed by atoms with Crippen molar-refractivity contribution in [2.75, 3.05) is 6.61 Å². The van der Waals surface area contributed by atoms with Crippen LogP contribution in [-0.4, -0.2) is 33.3 Å². The second-order valence-electron chi connectivity index (χ2n) is 9.14. The molecule has 0 radical (unpaired) electrons. The van der Waals surface area contributed by atoms with E-state index in [1.54, 1.807) is 54.9 Å². The monoisotopic (exact) mass is 524 g/mol. The molecule has 2 heterocycles. The molecule has 0 unspecified atom stereocenters. The van der Waals surface area contributed by atoms with E-state index in [0.717, 1.165) is 5.56 Å². The molecule has 8 heteroatoms. The van der Waals surface area contributed by atoms with Gasteiger partial charge >= 0.3 is 0 Å². The lowest BCUT2D eigenvalue weighted by Gasteiger charge is -2.25. The zero-order valence-electron chi connectivity index (χ0n) is 20.2. The van der Waals surface area contributed by atoms with Gasteiger partial charge in [0.15, 0.2) is 0 Å². The van der Waals surface area contributed by atoms with Crippen molar-refractivity contribution in [2.45, 2.75) is 33.4 Å². The van der Waals surface area contributed by atoms with Gasteiger partial charge in [-0.3, -0.25) is 14.6 Å². The van der Waals surface area contributed by atoms with E-state index in [1.807, 2.05) is 13.0 Å². The molecule has 2 aromatic carbocycles. The Morgan fingerprint density at radius 1 is 1.11 bits per heavy atom. The van der Waals surface area contributed by atoms with Gasteiger partial charge in [-0.25, -0.2) is 0 Å². The van der Waals surface area contributed by atoms with E-state index >= 15 is 0 Å². The summed E-state index contributed by atoms with van der Waals surface area (Å²) < 4.78 is 5.78. The average Bonchev–Trinajstić information content (AvgIpc) is 3.09. The summed E-state index contributed by atoms with van der Waals surface area (Å²) in [6, 6.07) is 12.9. The average molecular weight is 525 g/mol. The number of aryl methyl sites for hydroxylation is 1. The summed E-state index contributed by atoms with van der Waals surface area (Å²) in [7, 11) is 0. The summed E-state index contributed by atoms with van der Waals surface area (Å²) >= 11 is 12.4. The molecule has 0 saturated carbocycles. The zero-order chi connectivity index (χ0) is 26.0. The predicted molar refractivity (Wildman–Crippen MR) is 140 cm³/mol. The molecule has 1 N–H and O–H groups in total. The maximum atomic E-state index is 13.3. The summed E-state index contributed by atoms with van der Waals surface area (Å²) in [5.41, 5.74) is 2.44. The number of likely N-dealkylation sites (tertiary alicyclic amines) is 1. The highest BCUT2D eigenvalue weighted by atomic mass is 35.5. The summed E-state index contributed by atoms with van der Waals surface area (Å²) in [6.45, 7) is 6.61. The summed E-state index contributed by atoms with van der Waals surface area (Å²) in [5.74, 6) is -0.722. The van der Waals surface area contributed by atoms with Crippen molar-refractivity contribution in [1.29, 1.82) is 0 Å². The number of amides is 1. The molecule has 6 nitrogen and oxygen atoms in total. The Morgan fingerprint density at radius 3 is 2.53 bits per heavy atom. The van der Waals surface area contributed by atoms with E-state index in [-0.39, 0.29) is 22.9 Å². The number of hydrogen-bond donors (Lipinski definition) is 1. The first kappa shape index (κ1) is 25.7. The Labute approximate surface area is 220 Å². The second-order valence-corrected chi connectivity index (χ2v) is 9.96. The van der Waals surface area contributed by atoms with Crippen LogP contribution in [0.25, 0.3) is 5.76 Å². The fourth-order valence-electron chi connectivity index (χ4n) is 4.16. The Hall–Kier alpha value is -3.35. The first-order valence-electron chi connectivity index (χ1n) is 11.5. The van der Waals surface area contributed by atoms with Crippen molar-refractivity contribution in [3.8, 4) is 5.75 Å². The number of Topliss-reactive ketones (excluding diaryl/α,β-unsaturated/α-hetero) is 1. The first-order chi connectivity index (χ1) is 17.2. The minimum Gasteiger partial charge on any atom is -0.507 e. The molecule has 0 bridgehead atoms. The molecule has 1 saturated heterocycles. The van der Waals surface area contributed by atoms with E-state index in [2.05, 4.69) is 18.8 Å². The van der Waals surface area contributed by atoms with Gasteiger partial charge in [0.1, 0.15) is 11.5 Å². The summed E-state index contributed by atoms with van der Waals surface area (Å²) in [6.07, 6.45) is 3.26. The number of pyridine rings is 1. The molecule has 36 heavy (non-hydrogen) atoms. The van der Waals surface area contributed by atoms with Crippen molar-refractivity contribution in [3.05, 3.63) is 98.8 Å². The molecule has 0 aliphatic carbocycles. The maximum absolute atomic E-state index is 13.3. The Kier molecular flexibility index (Phi) is 7.67. The van der Waals surface area contributed by atoms with Gasteiger partial charge in [-0.2, -0.15) is 0 Å². The van der Waals surface area contributed by atoms with E-state index in [9.17, 15) is 14.7 Å². The highest BCUT2D eigenvalue weighted by Crippen LogP contribution is 2.42. The topological polar surface area (TPSA) is 79.7 Å². The molecular formula is C28H26Cl2N2O4. The van der Waals surface area contributed by atoms with Crippen molar-refractivity contribution < 1.29 is 19.4 Å². The van der Waals surface area contributed by atoms with Crippen molar-refractivity contribution in [1.82, 2.24) is 9.88 Å². The fourth-order valence-corrected chi connectivity index (χ4v) is 4.47. The van der Waals surface area contributed by atoms with Gasteiger partial charge in [0.25, 0.3) is 11.7 Å². The Balaban J connectivity index is 1.82. The number of aromatic nitrogens is 1. The maximum Gasteiger partial charge on any atom is 0.295 e. The number of ketones is 1. The van der Waals surface area contributed by atoms with Crippen LogP contribution in [0, 0.1) is 12.8 Å². The SMILES string of the molecule is Cc1cc(OCC(C)C)ccc1C(O)=C1C(=O)C(=O)N(Cc2cccnc2)[C@@H]1c1ccc(Cl)c(Cl)c1. The van der Waals surface area contributed by atoms with E-state index in [4.69, 9.17) is 27.9 Å². The third-order valence-electron chi connectivity index (χ3n) is 5.91. The number of aliphatic hydroxyl groups is 1. The van der Waals surface area contributed by atoms with E-state index in [1.165, 1.54) is 4.90 Å². The molecule has 1 amide bonds. The third kappa shape index (κ3) is 5.25. The van der Waals surface area contributed by atoms with E-state index < -0.39 is 17.7 Å². The number of halogens is 2. The van der Waals surface area contributed by atoms with E-state index in [0.29, 0.717) is 40.0 Å². The van der Waals surface area contributed by atoms with Gasteiger partial charge in [0.05, 0.1) is 28.3 Å². The number of aliphatic hydroxyl groups excluding tert-OH is 1. The molecule has 1 aliphatic heterocycles. The molecule has 186 valence electrons. The molecule has 1 fully saturated rings. The number of benzene rings is 2. The van der Waals surface area contributed by atoms with Crippen LogP contribution in [0.2, 0.25) is 10.0 Å². The Morgan fingerprint density at radius 2 is 1.89 bits per heavy atom. The lowest BCUT2D eigenvalue weighted by atomic mass is 9.93. The van der Waals surface area contributed by atoms with Crippen LogP contribution in [0.4, 0.5) is 0 Å². The molecule has 1 aromatic heterocycles. The number of nitrogens with zero attached hydrogens (tertiary/aromatic N) is 2. The van der Waals surface area contributed by atoms with Gasteiger partial charge in [-0.1, -0.05) is 49.2 Å². The van der Waals surface area contributed by atoms with Gasteiger partial charge in [0, 0.05) is 24.5 Å². The van der Waals surface area contributed by atoms with Crippen molar-refractivity contribution in [2.24, 2.45) is 5.92 Å². The normalized spacial score (nSPS) is 17.2. The molecule has 1 atom stereocenters. The lowest BCUT2D eigenvalue weighted by molar-refractivity contribution is -0.140. The van der Waals surface area contributed by atoms with Crippen LogP contribution in [0.1, 0.15) is 42.1 Å². The quantitative estimate of drug-likeness (QED) is 0.221. The second kappa shape index (κ2) is 10.7. The van der Waals surface area contributed by atoms with Crippen LogP contribution in [0.5, 0.6) is 5.75 Å². The molecule has 4 rings (SSSR count). The number of carbonyl (C=O) groups excluding carboxylic acids is 2. The summed E-state index contributed by atoms with van der Waals surface area (Å²) in [5, 5.41) is 12.0. The van der Waals surface area contributed by atoms with Gasteiger partial charge < -0.3 is 14.7 Å². The highest BCUT2D eigenvalue weighted by Gasteiger charge is 2.46. The lowest BCUT2D eigenvalue weighted by Crippen LogP contribution is -2.29. The summed E-state index contributed by atoms with van der Waals surface area (Å²) in [4.78, 5) is 32.0. The van der Waals surface area contributed by atoms with Crippen molar-refractivity contribution >= 4 is 40.7 Å². The minimum absolute atomic E-state index is 0.0128. The number of ether oxygens (including phenoxy) is 1. The van der Waals surface area contributed by atoms with Crippen LogP contribution >= 0.6 is 23.2 Å². The van der Waals surface area contributed by atoms with Crippen LogP contribution in [-0.2, 0) is 16.1 Å². The van der Waals surface area contributed by atoms with Gasteiger partial charge in [-0.05, 0) is 65.9 Å². The van der Waals surface area contributed by atoms with Crippen molar-refractivity contribution in [3.63, 3.8) is 0 Å². The van der Waals surface area contributed by atoms with Gasteiger partial charge in [-0.15, -0.1) is 0 Å². The smallest absolute Gasteiger partial charge is 0.295 e. The highest BCUT2D eigenvalue weighted by molar-refractivity contribution is 6.46. The van der Waals surface area contributed by atoms with Crippen LogP contribution in [0.15, 0.2) is 66.5 Å². The molecular weight excluding hydrogens is 499 g/mol. The molecule has 3 aromatic rings. The third-order valence-corrected chi connectivity index (χ3v) is 6.65. The zero-order valence-corrected chi connectivity index (χ0v) is 21.7. The van der Waals surface area contributed by atoms with Crippen LogP contribution < -0.4 is 4.74 Å². The molecule has 0 spiro atoms. The largest absolute Gasteiger partial charge is 0.507 e.